The Morgan fingerprint density at radius 2 is 1.48 bits per heavy atom. The average Bonchev–Trinajstić information content (AvgIpc) is 3.93. The highest BCUT2D eigenvalue weighted by molar-refractivity contribution is 7.94. The van der Waals surface area contributed by atoms with Gasteiger partial charge in [0.05, 0.1) is 58.9 Å². The van der Waals surface area contributed by atoms with Crippen LogP contribution in [0.2, 0.25) is 0 Å². The third-order valence-electron chi connectivity index (χ3n) is 10.1. The lowest BCUT2D eigenvalue weighted by Gasteiger charge is -2.20. The molecule has 1 fully saturated rings. The summed E-state index contributed by atoms with van der Waals surface area (Å²) in [5.41, 5.74) is -0.744. The van der Waals surface area contributed by atoms with Gasteiger partial charge in [0.15, 0.2) is 27.0 Å². The summed E-state index contributed by atoms with van der Waals surface area (Å²) in [6.45, 7) is 0.616. The molecule has 1 aliphatic heterocycles. The molecule has 0 bridgehead atoms. The maximum absolute atomic E-state index is 13.2. The quantitative estimate of drug-likeness (QED) is 0.0233. The monoisotopic (exact) mass is 927 g/mol. The smallest absolute Gasteiger partial charge is 0.356 e. The molecule has 1 aromatic heterocycles. The van der Waals surface area contributed by atoms with E-state index >= 15 is 0 Å². The number of aromatic carboxylic acids is 1. The lowest BCUT2D eigenvalue weighted by atomic mass is 10.1. The molecule has 65 heavy (non-hydrogen) atoms. The van der Waals surface area contributed by atoms with Crippen LogP contribution < -0.4 is 15.0 Å². The molecule has 22 nitrogen and oxygen atoms in total. The molecule has 6 aromatic rings. The minimum absolute atomic E-state index is 0.0524. The number of aromatic nitrogens is 2. The molecule has 5 aromatic carbocycles. The summed E-state index contributed by atoms with van der Waals surface area (Å²) in [4.78, 5) is 38.5. The molecule has 0 saturated carbocycles. The number of H-pyrrole nitrogens is 1. The van der Waals surface area contributed by atoms with Crippen LogP contribution >= 0.6 is 12.0 Å². The van der Waals surface area contributed by atoms with Gasteiger partial charge in [-0.25, -0.2) is 23.2 Å². The van der Waals surface area contributed by atoms with Crippen LogP contribution in [0.25, 0.3) is 16.5 Å². The molecule has 1 aliphatic rings. The van der Waals surface area contributed by atoms with E-state index in [0.29, 0.717) is 48.2 Å². The average molecular weight is 928 g/mol. The number of rotatable bonds is 18. The summed E-state index contributed by atoms with van der Waals surface area (Å²) in [6, 6.07) is 22.2. The Labute approximate surface area is 372 Å². The van der Waals surface area contributed by atoms with Gasteiger partial charge >= 0.3 is 11.9 Å². The van der Waals surface area contributed by atoms with Crippen molar-refractivity contribution >= 4 is 78.7 Å². The molecule has 5 N–H and O–H groups in total. The van der Waals surface area contributed by atoms with Crippen LogP contribution in [0.1, 0.15) is 23.3 Å². The number of carbonyl (C=O) groups is 2. The number of sulfone groups is 1. The summed E-state index contributed by atoms with van der Waals surface area (Å²) in [6.07, 6.45) is 1.17. The minimum Gasteiger partial charge on any atom is -0.505 e. The molecule has 0 aliphatic carbocycles. The van der Waals surface area contributed by atoms with Crippen molar-refractivity contribution in [3.63, 3.8) is 0 Å². The van der Waals surface area contributed by atoms with Crippen molar-refractivity contribution < 1.29 is 57.4 Å². The van der Waals surface area contributed by atoms with Gasteiger partial charge in [0.1, 0.15) is 34.6 Å². The van der Waals surface area contributed by atoms with Gasteiger partial charge in [0.25, 0.3) is 5.56 Å². The predicted molar refractivity (Wildman–Crippen MR) is 232 cm³/mol. The molecule has 0 amide bonds. The third-order valence-corrected chi connectivity index (χ3v) is 12.4. The van der Waals surface area contributed by atoms with Crippen molar-refractivity contribution in [3.05, 3.63) is 107 Å². The lowest BCUT2D eigenvalue weighted by molar-refractivity contribution is -0.432. The van der Waals surface area contributed by atoms with Crippen molar-refractivity contribution in [2.75, 3.05) is 33.1 Å². The number of aromatic hydroxyl groups is 1. The van der Waals surface area contributed by atoms with Gasteiger partial charge < -0.3 is 24.8 Å². The second-order valence-corrected chi connectivity index (χ2v) is 16.8. The van der Waals surface area contributed by atoms with Gasteiger partial charge in [-0.1, -0.05) is 29.3 Å². The van der Waals surface area contributed by atoms with E-state index in [1.54, 1.807) is 41.3 Å². The second kappa shape index (κ2) is 20.0. The number of benzene rings is 5. The van der Waals surface area contributed by atoms with Crippen LogP contribution in [0.4, 0.5) is 34.1 Å². The topological polar surface area (TPSA) is 301 Å². The second-order valence-electron chi connectivity index (χ2n) is 14.0. The molecule has 2 heterocycles. The van der Waals surface area contributed by atoms with E-state index in [4.69, 9.17) is 14.7 Å². The summed E-state index contributed by atoms with van der Waals surface area (Å²) in [7, 11) is -0.969. The van der Waals surface area contributed by atoms with Crippen molar-refractivity contribution in [2.24, 2.45) is 30.7 Å². The van der Waals surface area contributed by atoms with Gasteiger partial charge in [0, 0.05) is 24.1 Å². The zero-order chi connectivity index (χ0) is 46.3. The maximum Gasteiger partial charge on any atom is 0.356 e. The Morgan fingerprint density at radius 1 is 0.831 bits per heavy atom. The van der Waals surface area contributed by atoms with Crippen LogP contribution in [-0.2, 0) is 24.0 Å². The van der Waals surface area contributed by atoms with Crippen LogP contribution in [0.3, 0.4) is 0 Å². The number of aromatic amines is 1. The van der Waals surface area contributed by atoms with E-state index in [0.717, 1.165) is 4.68 Å². The molecular weight excluding hydrogens is 891 g/mol. The molecule has 0 radical (unpaired) electrons. The van der Waals surface area contributed by atoms with E-state index in [2.05, 4.69) is 45.2 Å². The number of fused-ring (bicyclic) bond motifs is 1. The molecule has 1 saturated heterocycles. The van der Waals surface area contributed by atoms with Gasteiger partial charge in [-0.3, -0.25) is 19.6 Å². The van der Waals surface area contributed by atoms with Crippen molar-refractivity contribution in [2.45, 2.75) is 28.7 Å². The fourth-order valence-electron chi connectivity index (χ4n) is 6.83. The number of hydrogen-bond donors (Lipinski definition) is 5. The number of nitrogens with zero attached hydrogens (tertiary/aromatic N) is 8. The number of para-hydroxylation sites is 1. The first-order valence-corrected chi connectivity index (χ1v) is 21.6. The van der Waals surface area contributed by atoms with E-state index in [1.807, 2.05) is 0 Å². The molecule has 1 atom stereocenters. The third kappa shape index (κ3) is 10.2. The summed E-state index contributed by atoms with van der Waals surface area (Å²) in [5, 5.41) is 71.6. The van der Waals surface area contributed by atoms with E-state index in [9.17, 15) is 38.1 Å². The van der Waals surface area contributed by atoms with Gasteiger partial charge in [-0.15, -0.1) is 24.8 Å². The van der Waals surface area contributed by atoms with E-state index in [1.165, 1.54) is 68.8 Å². The standard InChI is InChI=1S/C41H37N9O13S2/c1-60-32-22-30(33(61-2)21-29(32)44-42-24-12-14-27(15-13-24)65(58,59)18-17-49-16-6-9-31(49)40(53)54)45-46-35-34(64-63-62-57)19-23-10-11-25(20-28(23)38(35)51)43-47-36-37(41(55)56)48-50(39(36)52)26-7-4-3-5-8-26/h3-5,7-8,10-15,19-22,31,48,51,57H,6,9,16-18H2,1-2H3,(H,53,54)(H,55,56). The highest BCUT2D eigenvalue weighted by Gasteiger charge is 2.31. The normalized spacial score (nSPS) is 14.6. The number of azo groups is 3. The van der Waals surface area contributed by atoms with Crippen LogP contribution in [0.5, 0.6) is 17.2 Å². The number of carboxylic acid groups (broad SMARTS) is 2. The molecule has 336 valence electrons. The summed E-state index contributed by atoms with van der Waals surface area (Å²) < 4.78 is 42.8. The zero-order valence-electron chi connectivity index (χ0n) is 34.1. The van der Waals surface area contributed by atoms with Crippen LogP contribution in [-0.4, -0.2) is 94.7 Å². The number of aliphatic carboxylic acids is 1. The Morgan fingerprint density at radius 3 is 2.12 bits per heavy atom. The largest absolute Gasteiger partial charge is 0.505 e. The van der Waals surface area contributed by atoms with Gasteiger partial charge in [-0.2, -0.15) is 10.2 Å². The van der Waals surface area contributed by atoms with Crippen LogP contribution in [0, 0.1) is 0 Å². The van der Waals surface area contributed by atoms with Crippen LogP contribution in [0.15, 0.2) is 136 Å². The number of carboxylic acids is 2. The molecule has 0 spiro atoms. The number of phenols is 1. The van der Waals surface area contributed by atoms with Crippen molar-refractivity contribution in [1.29, 1.82) is 0 Å². The minimum atomic E-state index is -3.72. The van der Waals surface area contributed by atoms with Gasteiger partial charge in [-0.05, 0) is 79.4 Å². The van der Waals surface area contributed by atoms with Crippen molar-refractivity contribution in [1.82, 2.24) is 14.7 Å². The van der Waals surface area contributed by atoms with E-state index in [-0.39, 0.29) is 61.7 Å². The number of hydrogen-bond acceptors (Lipinski definition) is 19. The number of nitrogens with one attached hydrogen (secondary N) is 1. The maximum atomic E-state index is 13.2. The summed E-state index contributed by atoms with van der Waals surface area (Å²) in [5.74, 6) is -2.75. The molecule has 1 unspecified atom stereocenters. The highest BCUT2D eigenvalue weighted by Crippen LogP contribution is 2.47. The fourth-order valence-corrected chi connectivity index (χ4v) is 8.58. The Hall–Kier alpha value is -7.35. The number of methoxy groups -OCH3 is 2. The Balaban J connectivity index is 1.14. The fraction of sp³-hybridized carbons (Fsp3) is 0.195. The molecule has 7 rings (SSSR count). The Kier molecular flexibility index (Phi) is 14.1. The first-order valence-electron chi connectivity index (χ1n) is 19.2. The van der Waals surface area contributed by atoms with Gasteiger partial charge in [0.2, 0.25) is 0 Å². The molecule has 24 heteroatoms. The van der Waals surface area contributed by atoms with Crippen molar-refractivity contribution in [3.8, 4) is 22.9 Å². The number of phenolic OH excluding ortho intramolecular Hbond substituents is 1. The Bertz CT molecular complexity index is 3010. The molecular formula is C41H37N9O13S2. The highest BCUT2D eigenvalue weighted by atomic mass is 32.2. The number of ether oxygens (including phenoxy) is 2. The predicted octanol–water partition coefficient (Wildman–Crippen LogP) is 8.74. The first-order chi connectivity index (χ1) is 31.3. The number of likely N-dealkylation sites (tertiary alicyclic amines) is 1. The zero-order valence-corrected chi connectivity index (χ0v) is 35.8. The van der Waals surface area contributed by atoms with E-state index < -0.39 is 50.5 Å². The summed E-state index contributed by atoms with van der Waals surface area (Å²) >= 11 is 0.502. The SMILES string of the molecule is COc1cc(N=Nc2c(SOOO)cc3ccc(N=Nc4c(C(=O)O)[nH]n(-c5ccccc5)c4=O)cc3c2O)c(OC)cc1N=Nc1ccc(S(=O)(=O)CCN2CCCC2C(=O)O)cc1. The lowest BCUT2D eigenvalue weighted by Crippen LogP contribution is -2.38. The first kappa shape index (κ1) is 45.7.